The van der Waals surface area contributed by atoms with E-state index < -0.39 is 38.1 Å². The van der Waals surface area contributed by atoms with Gasteiger partial charge in [0.05, 0.1) is 11.0 Å². The zero-order valence-corrected chi connectivity index (χ0v) is 14.4. The van der Waals surface area contributed by atoms with Crippen molar-refractivity contribution in [2.45, 2.75) is 11.7 Å². The predicted molar refractivity (Wildman–Crippen MR) is 91.1 cm³/mol. The molecule has 1 fully saturated rings. The molecule has 1 atom stereocenters. The van der Waals surface area contributed by atoms with Crippen LogP contribution in [0.15, 0.2) is 40.1 Å². The standard InChI is InChI=1S/C16H16FN3O5S/c17-12-4-2-1-3-10(12)13-5-6-20(7-8-26(13,24)25)15(22)11-9-18-16(23)19-14(11)21/h1-4,9,13H,5-8H2,(H2,18,19,21,23). The van der Waals surface area contributed by atoms with E-state index in [2.05, 4.69) is 4.98 Å². The number of aromatic amines is 2. The third-order valence-electron chi connectivity index (χ3n) is 4.33. The average molecular weight is 381 g/mol. The maximum Gasteiger partial charge on any atom is 0.325 e. The normalized spacial score (nSPS) is 19.7. The fraction of sp³-hybridized carbons (Fsp3) is 0.312. The summed E-state index contributed by atoms with van der Waals surface area (Å²) >= 11 is 0. The minimum Gasteiger partial charge on any atom is -0.337 e. The lowest BCUT2D eigenvalue weighted by molar-refractivity contribution is 0.0764. The largest absolute Gasteiger partial charge is 0.337 e. The van der Waals surface area contributed by atoms with Gasteiger partial charge in [0, 0.05) is 24.8 Å². The fourth-order valence-electron chi connectivity index (χ4n) is 2.97. The van der Waals surface area contributed by atoms with Gasteiger partial charge in [-0.15, -0.1) is 0 Å². The van der Waals surface area contributed by atoms with Crippen molar-refractivity contribution in [3.05, 3.63) is 68.2 Å². The summed E-state index contributed by atoms with van der Waals surface area (Å²) in [5.41, 5.74) is -1.81. The van der Waals surface area contributed by atoms with Crippen molar-refractivity contribution in [3.63, 3.8) is 0 Å². The molecule has 1 unspecified atom stereocenters. The Kier molecular flexibility index (Phi) is 4.77. The summed E-state index contributed by atoms with van der Waals surface area (Å²) in [7, 11) is -3.68. The van der Waals surface area contributed by atoms with E-state index in [-0.39, 0.29) is 36.4 Å². The molecular formula is C16H16FN3O5S. The number of nitrogens with one attached hydrogen (secondary N) is 2. The Balaban J connectivity index is 1.89. The topological polar surface area (TPSA) is 120 Å². The Morgan fingerprint density at radius 2 is 1.92 bits per heavy atom. The molecule has 0 saturated carbocycles. The molecule has 3 rings (SSSR count). The third-order valence-corrected chi connectivity index (χ3v) is 6.44. The van der Waals surface area contributed by atoms with E-state index in [1.807, 2.05) is 4.98 Å². The molecule has 2 N–H and O–H groups in total. The van der Waals surface area contributed by atoms with Crippen LogP contribution in [0.1, 0.15) is 27.6 Å². The minimum absolute atomic E-state index is 0.0102. The van der Waals surface area contributed by atoms with Gasteiger partial charge in [0.15, 0.2) is 9.84 Å². The van der Waals surface area contributed by atoms with Crippen molar-refractivity contribution in [2.24, 2.45) is 0 Å². The van der Waals surface area contributed by atoms with Gasteiger partial charge < -0.3 is 9.88 Å². The van der Waals surface area contributed by atoms with E-state index >= 15 is 0 Å². The molecule has 26 heavy (non-hydrogen) atoms. The lowest BCUT2D eigenvalue weighted by Gasteiger charge is -2.19. The number of H-pyrrole nitrogens is 2. The van der Waals surface area contributed by atoms with Gasteiger partial charge in [0.2, 0.25) is 0 Å². The first-order valence-electron chi connectivity index (χ1n) is 7.87. The fourth-order valence-corrected chi connectivity index (χ4v) is 4.77. The van der Waals surface area contributed by atoms with E-state index in [1.54, 1.807) is 6.07 Å². The molecule has 10 heteroatoms. The molecule has 0 aliphatic carbocycles. The second-order valence-electron chi connectivity index (χ2n) is 5.94. The summed E-state index contributed by atoms with van der Waals surface area (Å²) in [5, 5.41) is -1.06. The number of benzene rings is 1. The molecule has 138 valence electrons. The number of carbonyl (C=O) groups excluding carboxylic acids is 1. The minimum atomic E-state index is -3.68. The van der Waals surface area contributed by atoms with Gasteiger partial charge in [-0.3, -0.25) is 14.6 Å². The van der Waals surface area contributed by atoms with Crippen LogP contribution in [0.5, 0.6) is 0 Å². The lowest BCUT2D eigenvalue weighted by Crippen LogP contribution is -2.38. The number of rotatable bonds is 2. The van der Waals surface area contributed by atoms with Gasteiger partial charge in [-0.1, -0.05) is 18.2 Å². The maximum atomic E-state index is 14.0. The van der Waals surface area contributed by atoms with E-state index in [1.165, 1.54) is 23.1 Å². The summed E-state index contributed by atoms with van der Waals surface area (Å²) in [6, 6.07) is 5.64. The summed E-state index contributed by atoms with van der Waals surface area (Å²) in [6.07, 6.45) is 1.01. The molecule has 0 radical (unpaired) electrons. The van der Waals surface area contributed by atoms with Crippen LogP contribution in [0, 0.1) is 5.82 Å². The Morgan fingerprint density at radius 3 is 2.62 bits per heavy atom. The van der Waals surface area contributed by atoms with Crippen LogP contribution in [-0.2, 0) is 9.84 Å². The molecule has 2 aromatic rings. The van der Waals surface area contributed by atoms with Crippen LogP contribution in [0.2, 0.25) is 0 Å². The highest BCUT2D eigenvalue weighted by Gasteiger charge is 2.34. The van der Waals surface area contributed by atoms with Crippen LogP contribution >= 0.6 is 0 Å². The number of aromatic nitrogens is 2. The number of hydrogen-bond donors (Lipinski definition) is 2. The summed E-state index contributed by atoms with van der Waals surface area (Å²) in [6.45, 7) is -0.0830. The predicted octanol–water partition coefficient (Wildman–Crippen LogP) is 0.204. The van der Waals surface area contributed by atoms with E-state index in [4.69, 9.17) is 0 Å². The molecule has 1 aliphatic rings. The monoisotopic (exact) mass is 381 g/mol. The zero-order chi connectivity index (χ0) is 18.9. The van der Waals surface area contributed by atoms with E-state index in [9.17, 15) is 27.2 Å². The highest BCUT2D eigenvalue weighted by molar-refractivity contribution is 7.91. The number of carbonyl (C=O) groups is 1. The number of sulfone groups is 1. The second-order valence-corrected chi connectivity index (χ2v) is 8.25. The molecule has 0 spiro atoms. The Hall–Kier alpha value is -2.75. The molecule has 8 nitrogen and oxygen atoms in total. The SMILES string of the molecule is O=C(c1c[nH]c(=O)[nH]c1=O)N1CCC(c2ccccc2F)S(=O)(=O)CC1. The van der Waals surface area contributed by atoms with Crippen LogP contribution in [-0.4, -0.2) is 48.0 Å². The highest BCUT2D eigenvalue weighted by Crippen LogP contribution is 2.31. The van der Waals surface area contributed by atoms with Gasteiger partial charge >= 0.3 is 5.69 Å². The Labute approximate surface area is 147 Å². The Bertz CT molecular complexity index is 1060. The molecule has 1 saturated heterocycles. The highest BCUT2D eigenvalue weighted by atomic mass is 32.2. The van der Waals surface area contributed by atoms with Gasteiger partial charge in [0.1, 0.15) is 11.4 Å². The summed E-state index contributed by atoms with van der Waals surface area (Å²) in [5.74, 6) is -1.65. The van der Waals surface area contributed by atoms with Gasteiger partial charge in [-0.25, -0.2) is 17.6 Å². The van der Waals surface area contributed by atoms with Crippen molar-refractivity contribution in [1.29, 1.82) is 0 Å². The van der Waals surface area contributed by atoms with Crippen molar-refractivity contribution >= 4 is 15.7 Å². The molecule has 1 amide bonds. The molecular weight excluding hydrogens is 365 g/mol. The van der Waals surface area contributed by atoms with Crippen molar-refractivity contribution < 1.29 is 17.6 Å². The first-order chi connectivity index (χ1) is 12.3. The van der Waals surface area contributed by atoms with Crippen molar-refractivity contribution in [3.8, 4) is 0 Å². The second kappa shape index (κ2) is 6.87. The lowest BCUT2D eigenvalue weighted by atomic mass is 10.1. The van der Waals surface area contributed by atoms with Crippen LogP contribution in [0.4, 0.5) is 4.39 Å². The van der Waals surface area contributed by atoms with Gasteiger partial charge in [0.25, 0.3) is 11.5 Å². The van der Waals surface area contributed by atoms with Crippen LogP contribution < -0.4 is 11.2 Å². The number of nitrogens with zero attached hydrogens (tertiary/aromatic N) is 1. The van der Waals surface area contributed by atoms with Crippen LogP contribution in [0.25, 0.3) is 0 Å². The molecule has 1 aromatic carbocycles. The zero-order valence-electron chi connectivity index (χ0n) is 13.6. The average Bonchev–Trinajstić information content (AvgIpc) is 2.73. The Morgan fingerprint density at radius 1 is 1.19 bits per heavy atom. The molecule has 1 aromatic heterocycles. The first kappa shape index (κ1) is 18.1. The maximum absolute atomic E-state index is 14.0. The third kappa shape index (κ3) is 3.45. The van der Waals surface area contributed by atoms with Crippen LogP contribution in [0.3, 0.4) is 0 Å². The molecule has 2 heterocycles. The van der Waals surface area contributed by atoms with Crippen molar-refractivity contribution in [1.82, 2.24) is 14.9 Å². The number of amides is 1. The van der Waals surface area contributed by atoms with Gasteiger partial charge in [-0.05, 0) is 12.5 Å². The first-order valence-corrected chi connectivity index (χ1v) is 9.58. The summed E-state index contributed by atoms with van der Waals surface area (Å²) in [4.78, 5) is 40.7. The number of hydrogen-bond acceptors (Lipinski definition) is 5. The van der Waals surface area contributed by atoms with Crippen molar-refractivity contribution in [2.75, 3.05) is 18.8 Å². The van der Waals surface area contributed by atoms with E-state index in [0.29, 0.717) is 0 Å². The molecule has 1 aliphatic heterocycles. The molecule has 0 bridgehead atoms. The summed E-state index contributed by atoms with van der Waals surface area (Å²) < 4.78 is 39.1. The smallest absolute Gasteiger partial charge is 0.325 e. The van der Waals surface area contributed by atoms with Gasteiger partial charge in [-0.2, -0.15) is 0 Å². The number of halogens is 1. The quantitative estimate of drug-likeness (QED) is 0.770. The van der Waals surface area contributed by atoms with E-state index in [0.717, 1.165) is 6.20 Å².